The van der Waals surface area contributed by atoms with Crippen molar-refractivity contribution in [3.63, 3.8) is 0 Å². The highest BCUT2D eigenvalue weighted by molar-refractivity contribution is 5.92. The van der Waals surface area contributed by atoms with Crippen LogP contribution in [0.5, 0.6) is 0 Å². The van der Waals surface area contributed by atoms with Crippen LogP contribution in [0.4, 0.5) is 0 Å². The summed E-state index contributed by atoms with van der Waals surface area (Å²) in [5.74, 6) is 1.16. The van der Waals surface area contributed by atoms with Crippen LogP contribution in [0.15, 0.2) is 4.42 Å². The molecule has 3 fully saturated rings. The van der Waals surface area contributed by atoms with Gasteiger partial charge in [0.05, 0.1) is 11.7 Å². The third kappa shape index (κ3) is 2.84. The third-order valence-electron chi connectivity index (χ3n) is 5.83. The van der Waals surface area contributed by atoms with Gasteiger partial charge in [-0.2, -0.15) is 0 Å². The van der Waals surface area contributed by atoms with Crippen LogP contribution in [-0.2, 0) is 4.79 Å². The van der Waals surface area contributed by atoms with E-state index in [0.29, 0.717) is 42.8 Å². The maximum atomic E-state index is 13.0. The predicted molar refractivity (Wildman–Crippen MR) is 91.0 cm³/mol. The van der Waals surface area contributed by atoms with Gasteiger partial charge < -0.3 is 15.1 Å². The number of aromatic nitrogens is 1. The summed E-state index contributed by atoms with van der Waals surface area (Å²) >= 11 is 0. The van der Waals surface area contributed by atoms with Crippen molar-refractivity contribution < 1.29 is 14.0 Å². The van der Waals surface area contributed by atoms with Crippen molar-refractivity contribution in [1.82, 2.24) is 14.8 Å². The standard InChI is InChI=1S/C18H26N4O3/c1-3-14(16(19)23)22-12-6-7-13(22)9-21(8-12)18(24)15-10(2)20-17(25-15)11-4-5-11/h11-14H,3-9H2,1-2H3,(H2,19,23). The largest absolute Gasteiger partial charge is 0.435 e. The van der Waals surface area contributed by atoms with Crippen molar-refractivity contribution in [3.05, 3.63) is 17.3 Å². The first-order valence-corrected chi connectivity index (χ1v) is 9.33. The van der Waals surface area contributed by atoms with E-state index in [0.717, 1.165) is 25.7 Å². The molecule has 4 rings (SSSR count). The van der Waals surface area contributed by atoms with Crippen LogP contribution in [0.2, 0.25) is 0 Å². The summed E-state index contributed by atoms with van der Waals surface area (Å²) < 4.78 is 5.79. The molecule has 1 aliphatic carbocycles. The van der Waals surface area contributed by atoms with Crippen molar-refractivity contribution in [3.8, 4) is 0 Å². The number of nitrogens with two attached hydrogens (primary N) is 1. The Hall–Kier alpha value is -1.89. The van der Waals surface area contributed by atoms with Crippen molar-refractivity contribution in [2.45, 2.75) is 70.0 Å². The summed E-state index contributed by atoms with van der Waals surface area (Å²) in [7, 11) is 0. The maximum Gasteiger partial charge on any atom is 0.291 e. The molecule has 7 heteroatoms. The average Bonchev–Trinajstić information content (AvgIpc) is 3.31. The van der Waals surface area contributed by atoms with Gasteiger partial charge in [-0.3, -0.25) is 14.5 Å². The molecule has 25 heavy (non-hydrogen) atoms. The highest BCUT2D eigenvalue weighted by Crippen LogP contribution is 2.40. The topological polar surface area (TPSA) is 92.7 Å². The van der Waals surface area contributed by atoms with E-state index in [1.54, 1.807) is 0 Å². The van der Waals surface area contributed by atoms with E-state index >= 15 is 0 Å². The van der Waals surface area contributed by atoms with E-state index < -0.39 is 0 Å². The quantitative estimate of drug-likeness (QED) is 0.870. The molecule has 3 atom stereocenters. The summed E-state index contributed by atoms with van der Waals surface area (Å²) in [5, 5.41) is 0. The van der Waals surface area contributed by atoms with Crippen LogP contribution in [0.25, 0.3) is 0 Å². The second-order valence-corrected chi connectivity index (χ2v) is 7.61. The number of piperazine rings is 1. The fourth-order valence-electron chi connectivity index (χ4n) is 4.43. The smallest absolute Gasteiger partial charge is 0.291 e. The lowest BCUT2D eigenvalue weighted by molar-refractivity contribution is -0.125. The Bertz CT molecular complexity index is 682. The molecule has 1 aromatic heterocycles. The second-order valence-electron chi connectivity index (χ2n) is 7.61. The fourth-order valence-corrected chi connectivity index (χ4v) is 4.43. The molecule has 7 nitrogen and oxygen atoms in total. The Morgan fingerprint density at radius 2 is 1.88 bits per heavy atom. The fraction of sp³-hybridized carbons (Fsp3) is 0.722. The summed E-state index contributed by atoms with van der Waals surface area (Å²) in [5.41, 5.74) is 6.27. The monoisotopic (exact) mass is 346 g/mol. The molecule has 0 aromatic carbocycles. The maximum absolute atomic E-state index is 13.0. The minimum Gasteiger partial charge on any atom is -0.435 e. The summed E-state index contributed by atoms with van der Waals surface area (Å²) in [4.78, 5) is 33.3. The molecule has 2 aliphatic heterocycles. The van der Waals surface area contributed by atoms with Gasteiger partial charge in [0.2, 0.25) is 11.7 Å². The zero-order valence-electron chi connectivity index (χ0n) is 14.9. The van der Waals surface area contributed by atoms with Crippen molar-refractivity contribution in [2.24, 2.45) is 5.73 Å². The minimum absolute atomic E-state index is 0.0689. The number of hydrogen-bond acceptors (Lipinski definition) is 5. The van der Waals surface area contributed by atoms with Crippen molar-refractivity contribution in [2.75, 3.05) is 13.1 Å². The third-order valence-corrected chi connectivity index (χ3v) is 5.83. The van der Waals surface area contributed by atoms with Crippen LogP contribution >= 0.6 is 0 Å². The van der Waals surface area contributed by atoms with E-state index in [1.165, 1.54) is 0 Å². The molecule has 2 amide bonds. The molecule has 1 saturated carbocycles. The molecule has 2 bridgehead atoms. The first kappa shape index (κ1) is 16.6. The summed E-state index contributed by atoms with van der Waals surface area (Å²) in [6, 6.07) is 0.167. The van der Waals surface area contributed by atoms with Gasteiger partial charge in [-0.05, 0) is 39.0 Å². The summed E-state index contributed by atoms with van der Waals surface area (Å²) in [6.45, 7) is 5.08. The number of hydrogen-bond donors (Lipinski definition) is 1. The van der Waals surface area contributed by atoms with E-state index in [1.807, 2.05) is 18.7 Å². The number of amides is 2. The van der Waals surface area contributed by atoms with Gasteiger partial charge in [-0.25, -0.2) is 4.98 Å². The Kier molecular flexibility index (Phi) is 4.06. The molecule has 3 aliphatic rings. The SMILES string of the molecule is CCC(C(N)=O)N1C2CCC1CN(C(=O)c1oc(C3CC3)nc1C)C2. The number of likely N-dealkylation sites (tertiary alicyclic amines) is 1. The molecule has 2 saturated heterocycles. The van der Waals surface area contributed by atoms with Crippen LogP contribution in [-0.4, -0.2) is 57.8 Å². The number of carbonyl (C=O) groups is 2. The van der Waals surface area contributed by atoms with Gasteiger partial charge in [0.15, 0.2) is 5.89 Å². The molecule has 0 spiro atoms. The average molecular weight is 346 g/mol. The zero-order chi connectivity index (χ0) is 17.7. The number of oxazole rings is 1. The number of primary amides is 1. The first-order chi connectivity index (χ1) is 12.0. The minimum atomic E-state index is -0.265. The lowest BCUT2D eigenvalue weighted by Crippen LogP contribution is -2.60. The number of rotatable bonds is 5. The Balaban J connectivity index is 1.51. The number of carbonyl (C=O) groups excluding carboxylic acids is 2. The van der Waals surface area contributed by atoms with Crippen LogP contribution in [0.3, 0.4) is 0 Å². The van der Waals surface area contributed by atoms with E-state index in [4.69, 9.17) is 10.2 Å². The van der Waals surface area contributed by atoms with Crippen LogP contribution < -0.4 is 5.73 Å². The molecule has 3 unspecified atom stereocenters. The van der Waals surface area contributed by atoms with E-state index in [2.05, 4.69) is 9.88 Å². The molecule has 3 heterocycles. The lowest BCUT2D eigenvalue weighted by atomic mass is 10.1. The van der Waals surface area contributed by atoms with Crippen molar-refractivity contribution >= 4 is 11.8 Å². The first-order valence-electron chi connectivity index (χ1n) is 9.33. The number of nitrogens with zero attached hydrogens (tertiary/aromatic N) is 3. The van der Waals surface area contributed by atoms with Gasteiger partial charge >= 0.3 is 0 Å². The Labute approximate surface area is 147 Å². The molecule has 2 N–H and O–H groups in total. The molecule has 0 radical (unpaired) electrons. The molecule has 136 valence electrons. The van der Waals surface area contributed by atoms with Crippen molar-refractivity contribution in [1.29, 1.82) is 0 Å². The number of aryl methyl sites for hydroxylation is 1. The highest BCUT2D eigenvalue weighted by Gasteiger charge is 2.46. The van der Waals surface area contributed by atoms with Gasteiger partial charge in [-0.15, -0.1) is 0 Å². The normalized spacial score (nSPS) is 27.5. The Morgan fingerprint density at radius 3 is 2.40 bits per heavy atom. The zero-order valence-corrected chi connectivity index (χ0v) is 14.9. The van der Waals surface area contributed by atoms with Gasteiger partial charge in [0.25, 0.3) is 5.91 Å². The van der Waals surface area contributed by atoms with E-state index in [-0.39, 0.29) is 29.9 Å². The Morgan fingerprint density at radius 1 is 1.24 bits per heavy atom. The second kappa shape index (κ2) is 6.12. The van der Waals surface area contributed by atoms with Crippen LogP contribution in [0, 0.1) is 6.92 Å². The van der Waals surface area contributed by atoms with Gasteiger partial charge in [0.1, 0.15) is 0 Å². The molecular weight excluding hydrogens is 320 g/mol. The van der Waals surface area contributed by atoms with Crippen LogP contribution in [0.1, 0.15) is 67.1 Å². The number of fused-ring (bicyclic) bond motifs is 2. The highest BCUT2D eigenvalue weighted by atomic mass is 16.4. The molecule has 1 aromatic rings. The lowest BCUT2D eigenvalue weighted by Gasteiger charge is -2.43. The van der Waals surface area contributed by atoms with E-state index in [9.17, 15) is 9.59 Å². The predicted octanol–water partition coefficient (Wildman–Crippen LogP) is 1.41. The van der Waals surface area contributed by atoms with Gasteiger partial charge in [-0.1, -0.05) is 6.92 Å². The molecular formula is C18H26N4O3. The summed E-state index contributed by atoms with van der Waals surface area (Å²) in [6.07, 6.45) is 4.91. The van der Waals surface area contributed by atoms with Gasteiger partial charge in [0, 0.05) is 31.1 Å².